The number of hydrogen-bond acceptors (Lipinski definition) is 3. The number of aromatic nitrogens is 2. The SMILES string of the molecule is Cn1c(-c2ccc(NC(=O)C3CC(=O)N(CC(F)(F)F)C3)cc2)nc2ccccc21. The van der Waals surface area contributed by atoms with Gasteiger partial charge in [-0.25, -0.2) is 4.98 Å². The van der Waals surface area contributed by atoms with Crippen molar-refractivity contribution in [1.29, 1.82) is 0 Å². The molecule has 3 aromatic rings. The highest BCUT2D eigenvalue weighted by molar-refractivity contribution is 5.97. The molecule has 2 aromatic carbocycles. The number of nitrogens with one attached hydrogen (secondary N) is 1. The molecule has 30 heavy (non-hydrogen) atoms. The first-order chi connectivity index (χ1) is 14.2. The fourth-order valence-electron chi connectivity index (χ4n) is 3.67. The van der Waals surface area contributed by atoms with Crippen molar-refractivity contribution in [3.05, 3.63) is 48.5 Å². The van der Waals surface area contributed by atoms with Gasteiger partial charge in [0.2, 0.25) is 11.8 Å². The van der Waals surface area contributed by atoms with E-state index in [9.17, 15) is 22.8 Å². The van der Waals surface area contributed by atoms with Crippen LogP contribution in [0.15, 0.2) is 48.5 Å². The number of alkyl halides is 3. The lowest BCUT2D eigenvalue weighted by atomic mass is 10.1. The van der Waals surface area contributed by atoms with Gasteiger partial charge in [-0.15, -0.1) is 0 Å². The highest BCUT2D eigenvalue weighted by Crippen LogP contribution is 2.27. The number of benzene rings is 2. The summed E-state index contributed by atoms with van der Waals surface area (Å²) in [6, 6.07) is 14.8. The van der Waals surface area contributed by atoms with Crippen LogP contribution in [0.25, 0.3) is 22.4 Å². The van der Waals surface area contributed by atoms with Crippen LogP contribution in [-0.2, 0) is 16.6 Å². The first-order valence-electron chi connectivity index (χ1n) is 9.38. The average molecular weight is 416 g/mol. The minimum absolute atomic E-state index is 0.222. The molecular formula is C21H19F3N4O2. The third kappa shape index (κ3) is 4.00. The summed E-state index contributed by atoms with van der Waals surface area (Å²) in [5, 5.41) is 2.68. The Bertz CT molecular complexity index is 1110. The van der Waals surface area contributed by atoms with Crippen LogP contribution < -0.4 is 5.32 Å². The lowest BCUT2D eigenvalue weighted by Gasteiger charge is -2.18. The van der Waals surface area contributed by atoms with Gasteiger partial charge in [0.1, 0.15) is 12.4 Å². The summed E-state index contributed by atoms with van der Waals surface area (Å²) in [7, 11) is 1.92. The molecule has 156 valence electrons. The van der Waals surface area contributed by atoms with Gasteiger partial charge >= 0.3 is 6.18 Å². The molecular weight excluding hydrogens is 397 g/mol. The number of rotatable bonds is 4. The number of aryl methyl sites for hydroxylation is 1. The molecule has 1 N–H and O–H groups in total. The van der Waals surface area contributed by atoms with Crippen molar-refractivity contribution >= 4 is 28.5 Å². The van der Waals surface area contributed by atoms with E-state index in [2.05, 4.69) is 10.3 Å². The van der Waals surface area contributed by atoms with E-state index < -0.39 is 30.5 Å². The zero-order chi connectivity index (χ0) is 21.5. The van der Waals surface area contributed by atoms with Crippen LogP contribution in [0, 0.1) is 5.92 Å². The maximum atomic E-state index is 12.5. The van der Waals surface area contributed by atoms with Crippen molar-refractivity contribution in [2.24, 2.45) is 13.0 Å². The van der Waals surface area contributed by atoms with E-state index in [1.54, 1.807) is 12.1 Å². The standard InChI is InChI=1S/C21H19F3N4O2/c1-27-17-5-3-2-4-16(17)26-19(27)13-6-8-15(9-7-13)25-20(30)14-10-18(29)28(11-14)12-21(22,23)24/h2-9,14H,10-12H2,1H3,(H,25,30). The van der Waals surface area contributed by atoms with E-state index in [1.165, 1.54) is 0 Å². The average Bonchev–Trinajstić information content (AvgIpc) is 3.22. The van der Waals surface area contributed by atoms with E-state index >= 15 is 0 Å². The lowest BCUT2D eigenvalue weighted by Crippen LogP contribution is -2.36. The Balaban J connectivity index is 1.44. The molecule has 1 aliphatic rings. The Labute approximate surface area is 170 Å². The molecule has 0 saturated carbocycles. The maximum Gasteiger partial charge on any atom is 0.406 e. The van der Waals surface area contributed by atoms with Gasteiger partial charge in [-0.05, 0) is 36.4 Å². The summed E-state index contributed by atoms with van der Waals surface area (Å²) in [6.45, 7) is -1.57. The summed E-state index contributed by atoms with van der Waals surface area (Å²) in [4.78, 5) is 29.5. The molecule has 4 rings (SSSR count). The van der Waals surface area contributed by atoms with E-state index in [-0.39, 0.29) is 13.0 Å². The Morgan fingerprint density at radius 3 is 2.53 bits per heavy atom. The van der Waals surface area contributed by atoms with Crippen LogP contribution >= 0.6 is 0 Å². The summed E-state index contributed by atoms with van der Waals surface area (Å²) in [5.41, 5.74) is 3.24. The van der Waals surface area contributed by atoms with Crippen molar-refractivity contribution in [3.63, 3.8) is 0 Å². The molecule has 1 aliphatic heterocycles. The minimum Gasteiger partial charge on any atom is -0.333 e. The fourth-order valence-corrected chi connectivity index (χ4v) is 3.67. The van der Waals surface area contributed by atoms with Crippen LogP contribution in [0.3, 0.4) is 0 Å². The molecule has 6 nitrogen and oxygen atoms in total. The fraction of sp³-hybridized carbons (Fsp3) is 0.286. The van der Waals surface area contributed by atoms with Gasteiger partial charge < -0.3 is 14.8 Å². The largest absolute Gasteiger partial charge is 0.406 e. The number of anilines is 1. The quantitative estimate of drug-likeness (QED) is 0.707. The second-order valence-electron chi connectivity index (χ2n) is 7.34. The monoisotopic (exact) mass is 416 g/mol. The second kappa shape index (κ2) is 7.47. The Hall–Kier alpha value is -3.36. The molecule has 9 heteroatoms. The number of hydrogen-bond donors (Lipinski definition) is 1. The summed E-state index contributed by atoms with van der Waals surface area (Å²) in [6.07, 6.45) is -4.70. The number of carbonyl (C=O) groups is 2. The van der Waals surface area contributed by atoms with Crippen LogP contribution in [0.1, 0.15) is 6.42 Å². The number of amides is 2. The van der Waals surface area contributed by atoms with Gasteiger partial charge in [0.05, 0.1) is 17.0 Å². The Kier molecular flexibility index (Phi) is 4.97. The third-order valence-electron chi connectivity index (χ3n) is 5.15. The molecule has 2 heterocycles. The topological polar surface area (TPSA) is 67.2 Å². The predicted molar refractivity (Wildman–Crippen MR) is 106 cm³/mol. The number of fused-ring (bicyclic) bond motifs is 1. The number of carbonyl (C=O) groups excluding carboxylic acids is 2. The summed E-state index contributed by atoms with van der Waals surface area (Å²) < 4.78 is 39.6. The van der Waals surface area contributed by atoms with Gasteiger partial charge in [0, 0.05) is 31.3 Å². The number of nitrogens with zero attached hydrogens (tertiary/aromatic N) is 3. The Morgan fingerprint density at radius 2 is 1.87 bits per heavy atom. The molecule has 1 saturated heterocycles. The first kappa shape index (κ1) is 19.9. The second-order valence-corrected chi connectivity index (χ2v) is 7.34. The van der Waals surface area contributed by atoms with Crippen molar-refractivity contribution in [1.82, 2.24) is 14.5 Å². The van der Waals surface area contributed by atoms with Gasteiger partial charge in [-0.3, -0.25) is 9.59 Å². The van der Waals surface area contributed by atoms with Crippen LogP contribution in [0.5, 0.6) is 0 Å². The molecule has 2 amide bonds. The number of halogens is 3. The molecule has 1 unspecified atom stereocenters. The number of likely N-dealkylation sites (tertiary alicyclic amines) is 1. The Morgan fingerprint density at radius 1 is 1.17 bits per heavy atom. The van der Waals surface area contributed by atoms with Crippen molar-refractivity contribution in [2.75, 3.05) is 18.4 Å². The van der Waals surface area contributed by atoms with E-state index in [0.29, 0.717) is 10.6 Å². The highest BCUT2D eigenvalue weighted by atomic mass is 19.4. The van der Waals surface area contributed by atoms with Crippen LogP contribution in [0.2, 0.25) is 0 Å². The van der Waals surface area contributed by atoms with Gasteiger partial charge in [-0.2, -0.15) is 13.2 Å². The molecule has 0 aliphatic carbocycles. The van der Waals surface area contributed by atoms with Crippen molar-refractivity contribution < 1.29 is 22.8 Å². The molecule has 0 spiro atoms. The maximum absolute atomic E-state index is 12.5. The van der Waals surface area contributed by atoms with Gasteiger partial charge in [-0.1, -0.05) is 12.1 Å². The van der Waals surface area contributed by atoms with E-state index in [0.717, 1.165) is 22.4 Å². The molecule has 1 aromatic heterocycles. The predicted octanol–water partition coefficient (Wildman–Crippen LogP) is 3.59. The highest BCUT2D eigenvalue weighted by Gasteiger charge is 2.40. The minimum atomic E-state index is -4.48. The van der Waals surface area contributed by atoms with E-state index in [1.807, 2.05) is 48.0 Å². The smallest absolute Gasteiger partial charge is 0.333 e. The summed E-state index contributed by atoms with van der Waals surface area (Å²) in [5.74, 6) is -1.16. The zero-order valence-corrected chi connectivity index (χ0v) is 16.1. The first-order valence-corrected chi connectivity index (χ1v) is 9.38. The molecule has 1 atom stereocenters. The molecule has 0 bridgehead atoms. The number of imidazole rings is 1. The third-order valence-corrected chi connectivity index (χ3v) is 5.15. The van der Waals surface area contributed by atoms with Crippen LogP contribution in [-0.4, -0.2) is 45.5 Å². The summed E-state index contributed by atoms with van der Waals surface area (Å²) >= 11 is 0. The normalized spacial score (nSPS) is 17.0. The van der Waals surface area contributed by atoms with E-state index in [4.69, 9.17) is 0 Å². The lowest BCUT2D eigenvalue weighted by molar-refractivity contribution is -0.157. The van der Waals surface area contributed by atoms with Crippen molar-refractivity contribution in [3.8, 4) is 11.4 Å². The number of para-hydroxylation sites is 2. The molecule has 1 fully saturated rings. The zero-order valence-electron chi connectivity index (χ0n) is 16.1. The molecule has 0 radical (unpaired) electrons. The van der Waals surface area contributed by atoms with Crippen molar-refractivity contribution in [2.45, 2.75) is 12.6 Å². The van der Waals surface area contributed by atoms with Crippen LogP contribution in [0.4, 0.5) is 18.9 Å². The van der Waals surface area contributed by atoms with Gasteiger partial charge in [0.15, 0.2) is 0 Å². The van der Waals surface area contributed by atoms with Gasteiger partial charge in [0.25, 0.3) is 0 Å².